The molecule has 0 unspecified atom stereocenters. The average molecular weight is 426 g/mol. The van der Waals surface area contributed by atoms with E-state index in [1.807, 2.05) is 4.90 Å². The summed E-state index contributed by atoms with van der Waals surface area (Å²) in [7, 11) is 0. The van der Waals surface area contributed by atoms with E-state index in [4.69, 9.17) is 11.6 Å². The number of nitro groups is 1. The second-order valence-electron chi connectivity index (χ2n) is 7.40. The molecule has 8 heteroatoms. The summed E-state index contributed by atoms with van der Waals surface area (Å²) in [6, 6.07) is 12.8. The summed E-state index contributed by atoms with van der Waals surface area (Å²) in [6.45, 7) is 1.56. The minimum Gasteiger partial charge on any atom is -0.366 e. The van der Waals surface area contributed by atoms with Gasteiger partial charge in [0.1, 0.15) is 5.70 Å². The van der Waals surface area contributed by atoms with Crippen LogP contribution in [0.2, 0.25) is 5.02 Å². The maximum atomic E-state index is 13.3. The Hall–Kier alpha value is -3.19. The molecule has 2 amide bonds. The number of nitrogens with zero attached hydrogens (tertiary/aromatic N) is 3. The van der Waals surface area contributed by atoms with Crippen LogP contribution in [0.5, 0.6) is 0 Å². The van der Waals surface area contributed by atoms with Crippen molar-refractivity contribution in [1.29, 1.82) is 0 Å². The molecule has 0 aliphatic carbocycles. The van der Waals surface area contributed by atoms with E-state index in [9.17, 15) is 19.7 Å². The smallest absolute Gasteiger partial charge is 0.278 e. The lowest BCUT2D eigenvalue weighted by molar-refractivity contribution is -0.384. The lowest BCUT2D eigenvalue weighted by Crippen LogP contribution is -2.36. The fourth-order valence-corrected chi connectivity index (χ4v) is 4.03. The molecule has 0 aromatic heterocycles. The van der Waals surface area contributed by atoms with E-state index in [0.717, 1.165) is 24.8 Å². The zero-order valence-electron chi connectivity index (χ0n) is 16.2. The monoisotopic (exact) mass is 425 g/mol. The van der Waals surface area contributed by atoms with E-state index in [1.165, 1.54) is 29.2 Å². The van der Waals surface area contributed by atoms with Gasteiger partial charge < -0.3 is 4.90 Å². The number of amides is 2. The Bertz CT molecular complexity index is 1030. The van der Waals surface area contributed by atoms with Crippen molar-refractivity contribution in [3.63, 3.8) is 0 Å². The highest BCUT2D eigenvalue weighted by Crippen LogP contribution is 2.34. The Balaban J connectivity index is 1.72. The van der Waals surface area contributed by atoms with Crippen LogP contribution in [0, 0.1) is 10.1 Å². The molecule has 0 N–H and O–H groups in total. The van der Waals surface area contributed by atoms with Crippen molar-refractivity contribution in [2.24, 2.45) is 0 Å². The molecule has 2 aliphatic rings. The number of carbonyl (C=O) groups is 2. The predicted molar refractivity (Wildman–Crippen MR) is 112 cm³/mol. The standard InChI is InChI=1S/C22H20ClN3O4/c23-17-8-4-15(5-9-17)14-25-21(27)19(16-6-10-18(11-7-16)26(29)30)20(22(25)28)24-12-2-1-3-13-24/h4-11H,1-3,12-14H2. The van der Waals surface area contributed by atoms with Crippen molar-refractivity contribution in [2.45, 2.75) is 25.8 Å². The number of imide groups is 1. The summed E-state index contributed by atoms with van der Waals surface area (Å²) < 4.78 is 0. The molecule has 1 fully saturated rings. The number of nitro benzene ring substituents is 1. The molecule has 7 nitrogen and oxygen atoms in total. The van der Waals surface area contributed by atoms with Crippen LogP contribution in [-0.4, -0.2) is 39.6 Å². The van der Waals surface area contributed by atoms with Gasteiger partial charge in [0.25, 0.3) is 17.5 Å². The minimum atomic E-state index is -0.488. The highest BCUT2D eigenvalue weighted by atomic mass is 35.5. The number of hydrogen-bond acceptors (Lipinski definition) is 5. The molecular weight excluding hydrogens is 406 g/mol. The van der Waals surface area contributed by atoms with E-state index in [1.54, 1.807) is 24.3 Å². The Labute approximate surface area is 178 Å². The van der Waals surface area contributed by atoms with Crippen molar-refractivity contribution >= 4 is 34.7 Å². The third-order valence-corrected chi connectivity index (χ3v) is 5.69. The lowest BCUT2D eigenvalue weighted by Gasteiger charge is -2.29. The molecule has 2 aromatic rings. The van der Waals surface area contributed by atoms with Gasteiger partial charge in [0.2, 0.25) is 0 Å². The van der Waals surface area contributed by atoms with Gasteiger partial charge in [-0.15, -0.1) is 0 Å². The van der Waals surface area contributed by atoms with Crippen LogP contribution >= 0.6 is 11.6 Å². The fraction of sp³-hybridized carbons (Fsp3) is 0.273. The van der Waals surface area contributed by atoms with Crippen molar-refractivity contribution < 1.29 is 14.5 Å². The first-order chi connectivity index (χ1) is 14.5. The van der Waals surface area contributed by atoms with Gasteiger partial charge in [-0.3, -0.25) is 24.6 Å². The molecule has 4 rings (SSSR count). The van der Waals surface area contributed by atoms with Crippen LogP contribution in [0.25, 0.3) is 5.57 Å². The minimum absolute atomic E-state index is 0.0614. The largest absolute Gasteiger partial charge is 0.366 e. The molecule has 2 aromatic carbocycles. The number of piperidine rings is 1. The first-order valence-electron chi connectivity index (χ1n) is 9.80. The topological polar surface area (TPSA) is 83.8 Å². The zero-order valence-corrected chi connectivity index (χ0v) is 17.0. The first-order valence-corrected chi connectivity index (χ1v) is 10.2. The molecular formula is C22H20ClN3O4. The molecule has 154 valence electrons. The van der Waals surface area contributed by atoms with E-state index in [0.29, 0.717) is 34.9 Å². The van der Waals surface area contributed by atoms with Crippen molar-refractivity contribution in [1.82, 2.24) is 9.80 Å². The van der Waals surface area contributed by atoms with Gasteiger partial charge >= 0.3 is 0 Å². The van der Waals surface area contributed by atoms with Gasteiger partial charge in [-0.05, 0) is 54.7 Å². The third kappa shape index (κ3) is 3.80. The van der Waals surface area contributed by atoms with Gasteiger partial charge in [-0.1, -0.05) is 23.7 Å². The highest BCUT2D eigenvalue weighted by Gasteiger charge is 2.41. The first kappa shape index (κ1) is 20.1. The number of non-ortho nitro benzene ring substituents is 1. The normalized spacial score (nSPS) is 17.1. The molecule has 2 aliphatic heterocycles. The summed E-state index contributed by atoms with van der Waals surface area (Å²) in [5, 5.41) is 11.6. The number of benzene rings is 2. The van der Waals surface area contributed by atoms with Gasteiger partial charge in [0, 0.05) is 30.2 Å². The molecule has 0 radical (unpaired) electrons. The number of likely N-dealkylation sites (tertiary alicyclic amines) is 1. The molecule has 1 saturated heterocycles. The van der Waals surface area contributed by atoms with Crippen molar-refractivity contribution in [3.8, 4) is 0 Å². The second-order valence-corrected chi connectivity index (χ2v) is 7.83. The molecule has 2 heterocycles. The van der Waals surface area contributed by atoms with E-state index >= 15 is 0 Å². The average Bonchev–Trinajstić information content (AvgIpc) is 3.00. The number of carbonyl (C=O) groups excluding carboxylic acids is 2. The van der Waals surface area contributed by atoms with Gasteiger partial charge in [0.15, 0.2) is 0 Å². The van der Waals surface area contributed by atoms with Crippen LogP contribution < -0.4 is 0 Å². The van der Waals surface area contributed by atoms with E-state index in [2.05, 4.69) is 0 Å². The molecule has 30 heavy (non-hydrogen) atoms. The third-order valence-electron chi connectivity index (χ3n) is 5.44. The van der Waals surface area contributed by atoms with Gasteiger partial charge in [-0.2, -0.15) is 0 Å². The predicted octanol–water partition coefficient (Wildman–Crippen LogP) is 4.01. The van der Waals surface area contributed by atoms with Crippen LogP contribution in [0.3, 0.4) is 0 Å². The fourth-order valence-electron chi connectivity index (χ4n) is 3.90. The van der Waals surface area contributed by atoms with Gasteiger partial charge in [-0.25, -0.2) is 0 Å². The Morgan fingerprint density at radius 3 is 2.13 bits per heavy atom. The van der Waals surface area contributed by atoms with Crippen LogP contribution in [0.15, 0.2) is 54.2 Å². The van der Waals surface area contributed by atoms with Crippen LogP contribution in [-0.2, 0) is 16.1 Å². The molecule has 0 atom stereocenters. The van der Waals surface area contributed by atoms with Crippen LogP contribution in [0.4, 0.5) is 5.69 Å². The van der Waals surface area contributed by atoms with E-state index < -0.39 is 4.92 Å². The maximum Gasteiger partial charge on any atom is 0.278 e. The number of rotatable bonds is 5. The summed E-state index contributed by atoms with van der Waals surface area (Å²) in [6.07, 6.45) is 3.00. The number of hydrogen-bond donors (Lipinski definition) is 0. The van der Waals surface area contributed by atoms with E-state index in [-0.39, 0.29) is 24.0 Å². The Morgan fingerprint density at radius 1 is 0.900 bits per heavy atom. The zero-order chi connectivity index (χ0) is 21.3. The van der Waals surface area contributed by atoms with Gasteiger partial charge in [0.05, 0.1) is 17.0 Å². The summed E-state index contributed by atoms with van der Waals surface area (Å²) >= 11 is 5.94. The Morgan fingerprint density at radius 2 is 1.53 bits per heavy atom. The van der Waals surface area contributed by atoms with Crippen molar-refractivity contribution in [2.75, 3.05) is 13.1 Å². The highest BCUT2D eigenvalue weighted by molar-refractivity contribution is 6.35. The summed E-state index contributed by atoms with van der Waals surface area (Å²) in [4.78, 5) is 40.4. The van der Waals surface area contributed by atoms with Crippen LogP contribution in [0.1, 0.15) is 30.4 Å². The maximum absolute atomic E-state index is 13.3. The SMILES string of the molecule is O=C1C(c2ccc([N+](=O)[O-])cc2)=C(N2CCCCC2)C(=O)N1Cc1ccc(Cl)cc1. The lowest BCUT2D eigenvalue weighted by atomic mass is 10.0. The Kier molecular flexibility index (Phi) is 5.55. The number of halogens is 1. The quantitative estimate of drug-likeness (QED) is 0.410. The second kappa shape index (κ2) is 8.28. The summed E-state index contributed by atoms with van der Waals surface area (Å²) in [5.41, 5.74) is 1.95. The molecule has 0 spiro atoms. The summed E-state index contributed by atoms with van der Waals surface area (Å²) in [5.74, 6) is -0.713. The molecule has 0 bridgehead atoms. The molecule has 0 saturated carbocycles. The van der Waals surface area contributed by atoms with Crippen molar-refractivity contribution in [3.05, 3.63) is 80.5 Å².